The molecule has 1 aromatic carbocycles. The van der Waals surface area contributed by atoms with E-state index in [1.54, 1.807) is 18.2 Å². The van der Waals surface area contributed by atoms with Crippen molar-refractivity contribution in [3.63, 3.8) is 0 Å². The number of carbonyl (C=O) groups excluding carboxylic acids is 1. The van der Waals surface area contributed by atoms with Crippen molar-refractivity contribution in [3.05, 3.63) is 34.3 Å². The van der Waals surface area contributed by atoms with E-state index in [-0.39, 0.29) is 12.5 Å². The van der Waals surface area contributed by atoms with Gasteiger partial charge in [-0.15, -0.1) is 0 Å². The summed E-state index contributed by atoms with van der Waals surface area (Å²) in [4.78, 5) is 12.1. The minimum Gasteiger partial charge on any atom is -0.384 e. The summed E-state index contributed by atoms with van der Waals surface area (Å²) in [6.07, 6.45) is 6.29. The van der Waals surface area contributed by atoms with E-state index in [4.69, 9.17) is 16.7 Å². The number of nitrogens with one attached hydrogen (secondary N) is 1. The maximum atomic E-state index is 12.1. The normalized spacial score (nSPS) is 14.6. The number of benzene rings is 1. The lowest BCUT2D eigenvalue weighted by atomic mass is 10.0. The molecule has 0 radical (unpaired) electrons. The fraction of sp³-hybridized carbons (Fsp3) is 0.471. The van der Waals surface area contributed by atoms with Gasteiger partial charge in [0.15, 0.2) is 0 Å². The molecule has 0 heterocycles. The molecule has 112 valence electrons. The van der Waals surface area contributed by atoms with Crippen molar-refractivity contribution in [2.75, 3.05) is 13.2 Å². The third kappa shape index (κ3) is 4.77. The monoisotopic (exact) mass is 305 g/mol. The van der Waals surface area contributed by atoms with E-state index in [0.29, 0.717) is 22.7 Å². The van der Waals surface area contributed by atoms with Gasteiger partial charge in [0.05, 0.1) is 5.02 Å². The van der Waals surface area contributed by atoms with Crippen LogP contribution in [0, 0.1) is 17.8 Å². The first-order chi connectivity index (χ1) is 10.2. The molecule has 0 unspecified atom stereocenters. The molecule has 0 bridgehead atoms. The lowest BCUT2D eigenvalue weighted by Crippen LogP contribution is -2.25. The van der Waals surface area contributed by atoms with Gasteiger partial charge < -0.3 is 10.4 Å². The van der Waals surface area contributed by atoms with Crippen LogP contribution in [0.4, 0.5) is 0 Å². The van der Waals surface area contributed by atoms with E-state index in [1.165, 1.54) is 25.7 Å². The van der Waals surface area contributed by atoms with Gasteiger partial charge >= 0.3 is 0 Å². The van der Waals surface area contributed by atoms with Crippen LogP contribution in [0.5, 0.6) is 0 Å². The van der Waals surface area contributed by atoms with Crippen LogP contribution in [-0.4, -0.2) is 24.2 Å². The highest BCUT2D eigenvalue weighted by Gasteiger charge is 2.15. The van der Waals surface area contributed by atoms with Gasteiger partial charge in [-0.3, -0.25) is 4.79 Å². The molecule has 2 rings (SSSR count). The first-order valence-corrected chi connectivity index (χ1v) is 7.76. The van der Waals surface area contributed by atoms with Gasteiger partial charge in [-0.2, -0.15) is 0 Å². The predicted molar refractivity (Wildman–Crippen MR) is 84.3 cm³/mol. The lowest BCUT2D eigenvalue weighted by molar-refractivity contribution is 0.0951. The van der Waals surface area contributed by atoms with Gasteiger partial charge in [-0.25, -0.2) is 0 Å². The van der Waals surface area contributed by atoms with Gasteiger partial charge in [-0.1, -0.05) is 49.1 Å². The summed E-state index contributed by atoms with van der Waals surface area (Å²) in [5.74, 6) is 5.95. The van der Waals surface area contributed by atoms with Gasteiger partial charge in [0, 0.05) is 17.7 Å². The number of hydrogen-bond acceptors (Lipinski definition) is 2. The number of halogens is 1. The topological polar surface area (TPSA) is 49.3 Å². The predicted octanol–water partition coefficient (Wildman–Crippen LogP) is 2.99. The Morgan fingerprint density at radius 2 is 2.14 bits per heavy atom. The summed E-state index contributed by atoms with van der Waals surface area (Å²) in [6, 6.07) is 5.03. The molecular weight excluding hydrogens is 286 g/mol. The van der Waals surface area contributed by atoms with Gasteiger partial charge in [0.1, 0.15) is 6.61 Å². The molecule has 0 spiro atoms. The Kier molecular flexibility index (Phi) is 6.10. The molecule has 1 aliphatic carbocycles. The molecule has 4 heteroatoms. The van der Waals surface area contributed by atoms with Gasteiger partial charge in [0.25, 0.3) is 5.91 Å². The minimum atomic E-state index is -0.209. The van der Waals surface area contributed by atoms with Crippen molar-refractivity contribution in [1.29, 1.82) is 0 Å². The molecule has 0 aliphatic heterocycles. The number of rotatable bonds is 4. The summed E-state index contributed by atoms with van der Waals surface area (Å²) in [5, 5.41) is 12.0. The largest absolute Gasteiger partial charge is 0.384 e. The summed E-state index contributed by atoms with van der Waals surface area (Å²) in [5.41, 5.74) is 1.16. The van der Waals surface area contributed by atoms with E-state index >= 15 is 0 Å². The summed E-state index contributed by atoms with van der Waals surface area (Å²) < 4.78 is 0. The highest BCUT2D eigenvalue weighted by Crippen LogP contribution is 2.27. The zero-order chi connectivity index (χ0) is 15.1. The van der Waals surface area contributed by atoms with Crippen LogP contribution in [0.15, 0.2) is 18.2 Å². The smallest absolute Gasteiger partial charge is 0.251 e. The van der Waals surface area contributed by atoms with Crippen LogP contribution >= 0.6 is 11.6 Å². The Bertz CT molecular complexity index is 554. The third-order valence-corrected chi connectivity index (χ3v) is 4.16. The highest BCUT2D eigenvalue weighted by atomic mass is 35.5. The maximum Gasteiger partial charge on any atom is 0.251 e. The second kappa shape index (κ2) is 8.07. The van der Waals surface area contributed by atoms with E-state index in [9.17, 15) is 4.79 Å². The molecule has 0 atom stereocenters. The molecule has 3 nitrogen and oxygen atoms in total. The number of amides is 1. The van der Waals surface area contributed by atoms with Crippen molar-refractivity contribution in [1.82, 2.24) is 5.32 Å². The molecule has 1 aliphatic rings. The van der Waals surface area contributed by atoms with E-state index in [2.05, 4.69) is 17.2 Å². The van der Waals surface area contributed by atoms with Gasteiger partial charge in [0.2, 0.25) is 0 Å². The zero-order valence-electron chi connectivity index (χ0n) is 12.0. The van der Waals surface area contributed by atoms with Crippen LogP contribution in [0.1, 0.15) is 48.0 Å². The first kappa shape index (κ1) is 15.9. The number of carbonyl (C=O) groups is 1. The molecule has 1 aromatic rings. The summed E-state index contributed by atoms with van der Waals surface area (Å²) in [7, 11) is 0. The molecule has 21 heavy (non-hydrogen) atoms. The van der Waals surface area contributed by atoms with Crippen molar-refractivity contribution in [3.8, 4) is 11.8 Å². The number of hydrogen-bond donors (Lipinski definition) is 2. The van der Waals surface area contributed by atoms with Crippen molar-refractivity contribution in [2.24, 2.45) is 5.92 Å². The fourth-order valence-electron chi connectivity index (χ4n) is 2.68. The maximum absolute atomic E-state index is 12.1. The molecule has 0 saturated heterocycles. The van der Waals surface area contributed by atoms with Crippen LogP contribution < -0.4 is 5.32 Å². The second-order valence-electron chi connectivity index (χ2n) is 5.35. The Morgan fingerprint density at radius 3 is 2.81 bits per heavy atom. The molecule has 1 saturated carbocycles. The average Bonchev–Trinajstić information content (AvgIpc) is 2.99. The molecule has 1 amide bonds. The Hall–Kier alpha value is -1.50. The number of aliphatic hydroxyl groups is 1. The summed E-state index contributed by atoms with van der Waals surface area (Å²) in [6.45, 7) is 0.507. The van der Waals surface area contributed by atoms with Crippen LogP contribution in [0.25, 0.3) is 0 Å². The van der Waals surface area contributed by atoms with Gasteiger partial charge in [-0.05, 0) is 30.5 Å². The van der Waals surface area contributed by atoms with Crippen molar-refractivity contribution < 1.29 is 9.90 Å². The highest BCUT2D eigenvalue weighted by molar-refractivity contribution is 6.32. The molecule has 2 N–H and O–H groups in total. The minimum absolute atomic E-state index is 0.100. The summed E-state index contributed by atoms with van der Waals surface area (Å²) >= 11 is 6.08. The second-order valence-corrected chi connectivity index (χ2v) is 5.76. The molecule has 1 fully saturated rings. The SMILES string of the molecule is O=C(NCCC1CCCC1)c1ccc(C#CCO)c(Cl)c1. The third-order valence-electron chi connectivity index (χ3n) is 3.85. The zero-order valence-corrected chi connectivity index (χ0v) is 12.7. The molecule has 0 aromatic heterocycles. The van der Waals surface area contributed by atoms with Crippen molar-refractivity contribution in [2.45, 2.75) is 32.1 Å². The quantitative estimate of drug-likeness (QED) is 0.840. The van der Waals surface area contributed by atoms with Crippen molar-refractivity contribution >= 4 is 17.5 Å². The lowest BCUT2D eigenvalue weighted by Gasteiger charge is -2.10. The van der Waals surface area contributed by atoms with E-state index in [1.807, 2.05) is 0 Å². The van der Waals surface area contributed by atoms with E-state index in [0.717, 1.165) is 12.3 Å². The van der Waals surface area contributed by atoms with E-state index < -0.39 is 0 Å². The fourth-order valence-corrected chi connectivity index (χ4v) is 2.91. The average molecular weight is 306 g/mol. The Morgan fingerprint density at radius 1 is 1.38 bits per heavy atom. The number of aliphatic hydroxyl groups excluding tert-OH is 1. The van der Waals surface area contributed by atoms with Crippen LogP contribution in [-0.2, 0) is 0 Å². The Labute approximate surface area is 130 Å². The standard InChI is InChI=1S/C17H20ClNO2/c18-16-12-15(8-7-14(16)6-3-11-20)17(21)19-10-9-13-4-1-2-5-13/h7-8,12-13,20H,1-2,4-5,9-11H2,(H,19,21). The van der Waals surface area contributed by atoms with Crippen LogP contribution in [0.2, 0.25) is 5.02 Å². The first-order valence-electron chi connectivity index (χ1n) is 7.38. The van der Waals surface area contributed by atoms with Crippen LogP contribution in [0.3, 0.4) is 0 Å². The Balaban J connectivity index is 1.88. The molecular formula is C17H20ClNO2.